The van der Waals surface area contributed by atoms with Gasteiger partial charge in [-0.05, 0) is 30.7 Å². The number of methoxy groups -OCH3 is 1. The van der Waals surface area contributed by atoms with Gasteiger partial charge in [-0.2, -0.15) is 0 Å². The fourth-order valence-electron chi connectivity index (χ4n) is 1.44. The normalized spacial score (nSPS) is 9.88. The predicted molar refractivity (Wildman–Crippen MR) is 69.0 cm³/mol. The molecule has 0 spiro atoms. The third-order valence-corrected chi connectivity index (χ3v) is 2.25. The van der Waals surface area contributed by atoms with Crippen LogP contribution in [0.4, 0.5) is 0 Å². The van der Waals surface area contributed by atoms with E-state index in [1.54, 1.807) is 7.11 Å². The monoisotopic (exact) mass is 233 g/mol. The maximum absolute atomic E-state index is 5.36. The van der Waals surface area contributed by atoms with Crippen molar-refractivity contribution in [3.8, 4) is 18.1 Å². The van der Waals surface area contributed by atoms with E-state index in [0.29, 0.717) is 6.61 Å². The van der Waals surface area contributed by atoms with Gasteiger partial charge in [0.05, 0.1) is 0 Å². The van der Waals surface area contributed by atoms with Crippen LogP contribution in [-0.2, 0) is 11.3 Å². The van der Waals surface area contributed by atoms with Gasteiger partial charge >= 0.3 is 0 Å². The first-order valence-corrected chi connectivity index (χ1v) is 5.71. The van der Waals surface area contributed by atoms with Crippen LogP contribution < -0.4 is 10.1 Å². The molecule has 0 aliphatic heterocycles. The number of rotatable bonds is 8. The number of hydrogen-bond donors (Lipinski definition) is 1. The second-order valence-corrected chi connectivity index (χ2v) is 3.66. The summed E-state index contributed by atoms with van der Waals surface area (Å²) in [6.45, 7) is 2.88. The van der Waals surface area contributed by atoms with Crippen molar-refractivity contribution in [1.82, 2.24) is 5.32 Å². The number of hydrogen-bond acceptors (Lipinski definition) is 3. The van der Waals surface area contributed by atoms with Gasteiger partial charge in [0, 0.05) is 20.3 Å². The van der Waals surface area contributed by atoms with Crippen LogP contribution in [0, 0.1) is 12.3 Å². The molecule has 0 aromatic heterocycles. The van der Waals surface area contributed by atoms with Crippen LogP contribution in [0.2, 0.25) is 0 Å². The van der Waals surface area contributed by atoms with Crippen LogP contribution in [0.25, 0.3) is 0 Å². The molecule has 0 fully saturated rings. The summed E-state index contributed by atoms with van der Waals surface area (Å²) in [6.07, 6.45) is 6.16. The van der Waals surface area contributed by atoms with Gasteiger partial charge in [-0.3, -0.25) is 0 Å². The second-order valence-electron chi connectivity index (χ2n) is 3.66. The highest BCUT2D eigenvalue weighted by Gasteiger charge is 1.96. The first kappa shape index (κ1) is 13.6. The summed E-state index contributed by atoms with van der Waals surface area (Å²) < 4.78 is 10.3. The van der Waals surface area contributed by atoms with Gasteiger partial charge in [0.15, 0.2) is 0 Å². The molecular formula is C14H19NO2. The molecule has 0 amide bonds. The minimum absolute atomic E-state index is 0.310. The Kier molecular flexibility index (Phi) is 6.89. The van der Waals surface area contributed by atoms with Crippen LogP contribution in [0.1, 0.15) is 12.0 Å². The first-order chi connectivity index (χ1) is 8.36. The SMILES string of the molecule is C#CCOc1cccc(CNCCCOC)c1. The van der Waals surface area contributed by atoms with Crippen molar-refractivity contribution >= 4 is 0 Å². The number of terminal acetylenes is 1. The molecule has 0 heterocycles. The van der Waals surface area contributed by atoms with Crippen LogP contribution in [0.5, 0.6) is 5.75 Å². The maximum atomic E-state index is 5.36. The molecule has 0 bridgehead atoms. The summed E-state index contributed by atoms with van der Waals surface area (Å²) in [6, 6.07) is 7.94. The zero-order valence-electron chi connectivity index (χ0n) is 10.2. The highest BCUT2D eigenvalue weighted by molar-refractivity contribution is 5.28. The van der Waals surface area contributed by atoms with E-state index in [4.69, 9.17) is 15.9 Å². The van der Waals surface area contributed by atoms with E-state index in [0.717, 1.165) is 31.9 Å². The molecular weight excluding hydrogens is 214 g/mol. The van der Waals surface area contributed by atoms with Crippen molar-refractivity contribution < 1.29 is 9.47 Å². The quantitative estimate of drug-likeness (QED) is 0.549. The van der Waals surface area contributed by atoms with Gasteiger partial charge in [-0.15, -0.1) is 6.42 Å². The topological polar surface area (TPSA) is 30.5 Å². The molecule has 1 aromatic carbocycles. The zero-order chi connectivity index (χ0) is 12.3. The minimum atomic E-state index is 0.310. The molecule has 1 aromatic rings. The van der Waals surface area contributed by atoms with Crippen LogP contribution in [0.15, 0.2) is 24.3 Å². The molecule has 1 rings (SSSR count). The Hall–Kier alpha value is -1.50. The molecule has 0 unspecified atom stereocenters. The van der Waals surface area contributed by atoms with E-state index in [-0.39, 0.29) is 0 Å². The molecule has 0 radical (unpaired) electrons. The van der Waals surface area contributed by atoms with E-state index in [1.165, 1.54) is 5.56 Å². The van der Waals surface area contributed by atoms with Crippen LogP contribution >= 0.6 is 0 Å². The lowest BCUT2D eigenvalue weighted by molar-refractivity contribution is 0.194. The lowest BCUT2D eigenvalue weighted by atomic mass is 10.2. The lowest BCUT2D eigenvalue weighted by Gasteiger charge is -2.07. The van der Waals surface area contributed by atoms with Gasteiger partial charge in [0.1, 0.15) is 12.4 Å². The average molecular weight is 233 g/mol. The predicted octanol–water partition coefficient (Wildman–Crippen LogP) is 1.82. The van der Waals surface area contributed by atoms with Crippen molar-refractivity contribution in [2.75, 3.05) is 26.9 Å². The number of ether oxygens (including phenoxy) is 2. The van der Waals surface area contributed by atoms with Crippen LogP contribution in [-0.4, -0.2) is 26.9 Å². The Morgan fingerprint density at radius 1 is 1.41 bits per heavy atom. The van der Waals surface area contributed by atoms with Crippen molar-refractivity contribution in [2.45, 2.75) is 13.0 Å². The van der Waals surface area contributed by atoms with Crippen molar-refractivity contribution in [3.63, 3.8) is 0 Å². The van der Waals surface area contributed by atoms with Gasteiger partial charge in [-0.1, -0.05) is 18.1 Å². The molecule has 92 valence electrons. The van der Waals surface area contributed by atoms with Gasteiger partial charge in [0.2, 0.25) is 0 Å². The molecule has 17 heavy (non-hydrogen) atoms. The average Bonchev–Trinajstić information content (AvgIpc) is 2.37. The Morgan fingerprint density at radius 3 is 3.06 bits per heavy atom. The summed E-state index contributed by atoms with van der Waals surface area (Å²) in [5.41, 5.74) is 1.19. The van der Waals surface area contributed by atoms with E-state index >= 15 is 0 Å². The standard InChI is InChI=1S/C14H19NO2/c1-3-9-17-14-7-4-6-13(11-14)12-15-8-5-10-16-2/h1,4,6-7,11,15H,5,8-10,12H2,2H3. The highest BCUT2D eigenvalue weighted by Crippen LogP contribution is 2.12. The number of nitrogens with one attached hydrogen (secondary N) is 1. The Labute approximate surface area is 103 Å². The molecule has 1 N–H and O–H groups in total. The second kappa shape index (κ2) is 8.63. The fraction of sp³-hybridized carbons (Fsp3) is 0.429. The fourth-order valence-corrected chi connectivity index (χ4v) is 1.44. The molecule has 3 nitrogen and oxygen atoms in total. The molecule has 0 saturated heterocycles. The first-order valence-electron chi connectivity index (χ1n) is 5.71. The maximum Gasteiger partial charge on any atom is 0.148 e. The summed E-state index contributed by atoms with van der Waals surface area (Å²) in [4.78, 5) is 0. The third-order valence-electron chi connectivity index (χ3n) is 2.25. The smallest absolute Gasteiger partial charge is 0.148 e. The van der Waals surface area contributed by atoms with Gasteiger partial charge < -0.3 is 14.8 Å². The molecule has 0 saturated carbocycles. The number of benzene rings is 1. The summed E-state index contributed by atoms with van der Waals surface area (Å²) in [7, 11) is 1.71. The van der Waals surface area contributed by atoms with Crippen molar-refractivity contribution in [1.29, 1.82) is 0 Å². The van der Waals surface area contributed by atoms with E-state index in [9.17, 15) is 0 Å². The molecule has 3 heteroatoms. The Bertz CT molecular complexity index is 357. The van der Waals surface area contributed by atoms with E-state index in [1.807, 2.05) is 18.2 Å². The lowest BCUT2D eigenvalue weighted by Crippen LogP contribution is -2.16. The summed E-state index contributed by atoms with van der Waals surface area (Å²) in [5.74, 6) is 3.27. The van der Waals surface area contributed by atoms with E-state index < -0.39 is 0 Å². The largest absolute Gasteiger partial charge is 0.481 e. The molecule has 0 aliphatic carbocycles. The zero-order valence-corrected chi connectivity index (χ0v) is 10.2. The van der Waals surface area contributed by atoms with Gasteiger partial charge in [0.25, 0.3) is 0 Å². The summed E-state index contributed by atoms with van der Waals surface area (Å²) in [5, 5.41) is 3.34. The Morgan fingerprint density at radius 2 is 2.29 bits per heavy atom. The molecule has 0 atom stereocenters. The highest BCUT2D eigenvalue weighted by atomic mass is 16.5. The van der Waals surface area contributed by atoms with Crippen molar-refractivity contribution in [3.05, 3.63) is 29.8 Å². The van der Waals surface area contributed by atoms with Crippen molar-refractivity contribution in [2.24, 2.45) is 0 Å². The minimum Gasteiger partial charge on any atom is -0.481 e. The summed E-state index contributed by atoms with van der Waals surface area (Å²) >= 11 is 0. The third kappa shape index (κ3) is 5.96. The van der Waals surface area contributed by atoms with E-state index in [2.05, 4.69) is 17.3 Å². The Balaban J connectivity index is 2.30. The molecule has 0 aliphatic rings. The van der Waals surface area contributed by atoms with Crippen LogP contribution in [0.3, 0.4) is 0 Å². The van der Waals surface area contributed by atoms with Gasteiger partial charge in [-0.25, -0.2) is 0 Å².